The van der Waals surface area contributed by atoms with Gasteiger partial charge in [-0.15, -0.1) is 0 Å². The van der Waals surface area contributed by atoms with Crippen molar-refractivity contribution in [2.45, 2.75) is 71.5 Å². The van der Waals surface area contributed by atoms with Crippen molar-refractivity contribution >= 4 is 17.9 Å². The van der Waals surface area contributed by atoms with E-state index in [9.17, 15) is 14.4 Å². The summed E-state index contributed by atoms with van der Waals surface area (Å²) in [5, 5.41) is 0. The van der Waals surface area contributed by atoms with E-state index in [1.165, 1.54) is 20.8 Å². The average Bonchev–Trinajstić information content (AvgIpc) is 2.93. The quantitative estimate of drug-likeness (QED) is 0.312. The molecule has 0 N–H and O–H groups in total. The second kappa shape index (κ2) is 9.61. The van der Waals surface area contributed by atoms with Crippen LogP contribution in [0.25, 0.3) is 0 Å². The third-order valence-electron chi connectivity index (χ3n) is 3.83. The Hall–Kier alpha value is -1.79. The summed E-state index contributed by atoms with van der Waals surface area (Å²) in [7, 11) is 0. The largest absolute Gasteiger partial charge is 0.463 e. The number of rotatable bonds is 8. The monoisotopic (exact) mass is 406 g/mol. The Bertz CT molecular complexity index is 571. The van der Waals surface area contributed by atoms with Gasteiger partial charge in [-0.05, 0) is 13.8 Å². The molecule has 0 amide bonds. The van der Waals surface area contributed by atoms with Gasteiger partial charge >= 0.3 is 24.1 Å². The highest BCUT2D eigenvalue weighted by Crippen LogP contribution is 2.40. The van der Waals surface area contributed by atoms with E-state index < -0.39 is 54.8 Å². The van der Waals surface area contributed by atoms with Crippen LogP contribution < -0.4 is 0 Å². The van der Waals surface area contributed by atoms with Gasteiger partial charge in [0, 0.05) is 20.8 Å². The summed E-state index contributed by atoms with van der Waals surface area (Å²) < 4.78 is 43.7. The minimum absolute atomic E-state index is 0.196. The Morgan fingerprint density at radius 1 is 0.857 bits per heavy atom. The molecule has 28 heavy (non-hydrogen) atoms. The van der Waals surface area contributed by atoms with Crippen molar-refractivity contribution in [3.05, 3.63) is 0 Å². The van der Waals surface area contributed by atoms with E-state index in [-0.39, 0.29) is 19.8 Å². The lowest BCUT2D eigenvalue weighted by Crippen LogP contribution is -2.60. The summed E-state index contributed by atoms with van der Waals surface area (Å²) >= 11 is 0. The van der Waals surface area contributed by atoms with Gasteiger partial charge in [-0.2, -0.15) is 0 Å². The van der Waals surface area contributed by atoms with Crippen LogP contribution in [0.15, 0.2) is 0 Å². The number of esters is 3. The van der Waals surface area contributed by atoms with E-state index >= 15 is 0 Å². The zero-order valence-electron chi connectivity index (χ0n) is 16.5. The Labute approximate surface area is 162 Å². The lowest BCUT2D eigenvalue weighted by atomic mass is 9.98. The standard InChI is InChI=1S/C17H26O11/c1-6-22-17(23-7-2)27-15-14(25-11(5)20)13(24-10(4)19)12(8-21-9(3)18)26-16(15)28-17/h12-16H,6-8H2,1-5H3/t12-,13-,14+,15-,16-/m1/s1. The molecule has 0 aromatic heterocycles. The molecule has 11 heteroatoms. The molecule has 2 heterocycles. The number of carbonyl (C=O) groups excluding carboxylic acids is 3. The summed E-state index contributed by atoms with van der Waals surface area (Å²) in [6, 6.07) is 0. The van der Waals surface area contributed by atoms with Gasteiger partial charge < -0.3 is 28.4 Å². The Morgan fingerprint density at radius 2 is 1.43 bits per heavy atom. The fraction of sp³-hybridized carbons (Fsp3) is 0.824. The second-order valence-corrected chi connectivity index (χ2v) is 6.06. The summed E-state index contributed by atoms with van der Waals surface area (Å²) in [5.74, 6) is -1.84. The number of carbonyl (C=O) groups is 3. The summed E-state index contributed by atoms with van der Waals surface area (Å²) in [6.45, 7) is 7.18. The van der Waals surface area contributed by atoms with Crippen LogP contribution in [0.3, 0.4) is 0 Å². The molecule has 0 radical (unpaired) electrons. The lowest BCUT2D eigenvalue weighted by molar-refractivity contribution is -0.475. The molecule has 0 aliphatic carbocycles. The maximum absolute atomic E-state index is 11.7. The molecule has 0 saturated carbocycles. The SMILES string of the molecule is CCOC1(OCC)O[C@H]2O[C@H](COC(C)=O)[C@@H](OC(C)=O)[C@H](OC(C)=O)[C@H]2O1. The van der Waals surface area contributed by atoms with Crippen molar-refractivity contribution in [3.63, 3.8) is 0 Å². The Balaban J connectivity index is 2.33. The summed E-state index contributed by atoms with van der Waals surface area (Å²) in [5.41, 5.74) is 0. The van der Waals surface area contributed by atoms with Gasteiger partial charge in [-0.3, -0.25) is 23.9 Å². The molecule has 2 rings (SSSR count). The highest BCUT2D eigenvalue weighted by atomic mass is 17.1. The van der Waals surface area contributed by atoms with E-state index in [0.29, 0.717) is 0 Å². The first kappa shape index (κ1) is 22.5. The topological polar surface area (TPSA) is 125 Å². The minimum atomic E-state index is -1.87. The van der Waals surface area contributed by atoms with Crippen LogP contribution in [0, 0.1) is 0 Å². The van der Waals surface area contributed by atoms with Gasteiger partial charge in [0.15, 0.2) is 24.6 Å². The molecule has 0 spiro atoms. The minimum Gasteiger partial charge on any atom is -0.463 e. The van der Waals surface area contributed by atoms with Crippen LogP contribution in [0.5, 0.6) is 0 Å². The van der Waals surface area contributed by atoms with E-state index in [4.69, 9.17) is 37.9 Å². The number of hydrogen-bond acceptors (Lipinski definition) is 11. The molecule has 2 aliphatic heterocycles. The van der Waals surface area contributed by atoms with Gasteiger partial charge in [0.2, 0.25) is 0 Å². The zero-order chi connectivity index (χ0) is 20.9. The molecular formula is C17H26O11. The smallest absolute Gasteiger partial charge is 0.415 e. The third kappa shape index (κ3) is 5.39. The molecule has 0 aromatic rings. The number of fused-ring (bicyclic) bond motifs is 1. The van der Waals surface area contributed by atoms with Crippen LogP contribution in [-0.4, -0.2) is 74.6 Å². The summed E-state index contributed by atoms with van der Waals surface area (Å²) in [4.78, 5) is 34.5. The molecule has 2 aliphatic rings. The number of hydrogen-bond donors (Lipinski definition) is 0. The van der Waals surface area contributed by atoms with Crippen LogP contribution >= 0.6 is 0 Å². The molecular weight excluding hydrogens is 380 g/mol. The molecule has 0 bridgehead atoms. The van der Waals surface area contributed by atoms with E-state index in [2.05, 4.69) is 0 Å². The average molecular weight is 406 g/mol. The molecule has 5 atom stereocenters. The summed E-state index contributed by atoms with van der Waals surface area (Å²) in [6.07, 6.45) is -7.15. The normalized spacial score (nSPS) is 31.0. The Kier molecular flexibility index (Phi) is 7.72. The van der Waals surface area contributed by atoms with Crippen LogP contribution in [0.1, 0.15) is 34.6 Å². The molecule has 0 unspecified atom stereocenters. The van der Waals surface area contributed by atoms with Crippen molar-refractivity contribution in [3.8, 4) is 0 Å². The van der Waals surface area contributed by atoms with Gasteiger partial charge in [-0.1, -0.05) is 0 Å². The maximum atomic E-state index is 11.7. The van der Waals surface area contributed by atoms with E-state index in [1.54, 1.807) is 13.8 Å². The lowest BCUT2D eigenvalue weighted by Gasteiger charge is -2.40. The van der Waals surface area contributed by atoms with Crippen LogP contribution in [-0.2, 0) is 52.3 Å². The fourth-order valence-corrected chi connectivity index (χ4v) is 2.96. The molecule has 11 nitrogen and oxygen atoms in total. The fourth-order valence-electron chi connectivity index (χ4n) is 2.96. The van der Waals surface area contributed by atoms with Gasteiger partial charge in [-0.25, -0.2) is 0 Å². The molecule has 160 valence electrons. The first-order valence-electron chi connectivity index (χ1n) is 8.98. The van der Waals surface area contributed by atoms with Crippen molar-refractivity contribution in [1.29, 1.82) is 0 Å². The van der Waals surface area contributed by atoms with Gasteiger partial charge in [0.1, 0.15) is 12.7 Å². The molecule has 2 saturated heterocycles. The van der Waals surface area contributed by atoms with Crippen molar-refractivity contribution in [1.82, 2.24) is 0 Å². The maximum Gasteiger partial charge on any atom is 0.415 e. The van der Waals surface area contributed by atoms with Gasteiger partial charge in [0.25, 0.3) is 0 Å². The second-order valence-electron chi connectivity index (χ2n) is 6.06. The van der Waals surface area contributed by atoms with Crippen LogP contribution in [0.2, 0.25) is 0 Å². The first-order valence-corrected chi connectivity index (χ1v) is 8.98. The van der Waals surface area contributed by atoms with E-state index in [0.717, 1.165) is 0 Å². The van der Waals surface area contributed by atoms with Crippen molar-refractivity contribution in [2.24, 2.45) is 0 Å². The first-order chi connectivity index (χ1) is 13.2. The van der Waals surface area contributed by atoms with Crippen LogP contribution in [0.4, 0.5) is 0 Å². The zero-order valence-corrected chi connectivity index (χ0v) is 16.5. The Morgan fingerprint density at radius 3 is 1.93 bits per heavy atom. The van der Waals surface area contributed by atoms with Crippen molar-refractivity contribution < 1.29 is 52.3 Å². The predicted octanol–water partition coefficient (Wildman–Crippen LogP) is 0.238. The molecule has 0 aromatic carbocycles. The van der Waals surface area contributed by atoms with E-state index in [1.807, 2.05) is 0 Å². The number of ether oxygens (including phenoxy) is 8. The highest BCUT2D eigenvalue weighted by Gasteiger charge is 2.61. The third-order valence-corrected chi connectivity index (χ3v) is 3.83. The predicted molar refractivity (Wildman–Crippen MR) is 88.3 cm³/mol. The van der Waals surface area contributed by atoms with Gasteiger partial charge in [0.05, 0.1) is 13.2 Å². The highest BCUT2D eigenvalue weighted by molar-refractivity contribution is 5.67. The molecule has 2 fully saturated rings. The van der Waals surface area contributed by atoms with Crippen molar-refractivity contribution in [2.75, 3.05) is 19.8 Å².